The number of rotatable bonds is 7. The van der Waals surface area contributed by atoms with Gasteiger partial charge < -0.3 is 15.0 Å². The summed E-state index contributed by atoms with van der Waals surface area (Å²) in [4.78, 5) is 15.1. The number of benzene rings is 1. The molecule has 0 saturated carbocycles. The molecule has 2 aromatic heterocycles. The Labute approximate surface area is 155 Å². The number of sulfone groups is 1. The first-order valence-electron chi connectivity index (χ1n) is 8.06. The Morgan fingerprint density at radius 1 is 1.31 bits per heavy atom. The van der Waals surface area contributed by atoms with E-state index in [9.17, 15) is 13.2 Å². The van der Waals surface area contributed by atoms with Gasteiger partial charge in [-0.05, 0) is 23.6 Å². The molecule has 3 rings (SSSR count). The van der Waals surface area contributed by atoms with Crippen LogP contribution in [0.3, 0.4) is 0 Å². The summed E-state index contributed by atoms with van der Waals surface area (Å²) in [7, 11) is -1.35. The van der Waals surface area contributed by atoms with Crippen molar-refractivity contribution in [2.24, 2.45) is 0 Å². The number of hydrogen-bond donors (Lipinski definition) is 2. The molecule has 138 valence electrons. The number of pyridine rings is 1. The molecule has 0 saturated heterocycles. The number of aromatic amines is 1. The monoisotopic (exact) mass is 392 g/mol. The lowest BCUT2D eigenvalue weighted by molar-refractivity contribution is 0.414. The lowest BCUT2D eigenvalue weighted by Gasteiger charge is -2.10. The molecule has 2 N–H and O–H groups in total. The molecule has 8 heteroatoms. The van der Waals surface area contributed by atoms with E-state index in [-0.39, 0.29) is 11.3 Å². The minimum atomic E-state index is -2.96. The largest absolute Gasteiger partial charge is 0.496 e. The van der Waals surface area contributed by atoms with Gasteiger partial charge in [-0.25, -0.2) is 8.42 Å². The van der Waals surface area contributed by atoms with E-state index in [0.717, 1.165) is 21.9 Å². The summed E-state index contributed by atoms with van der Waals surface area (Å²) in [5.74, 6) is 0.819. The van der Waals surface area contributed by atoms with Crippen LogP contribution in [0.1, 0.15) is 5.56 Å². The van der Waals surface area contributed by atoms with Gasteiger partial charge >= 0.3 is 0 Å². The number of ether oxygens (including phenoxy) is 1. The minimum absolute atomic E-state index is 0.0926. The van der Waals surface area contributed by atoms with E-state index in [4.69, 9.17) is 4.74 Å². The van der Waals surface area contributed by atoms with Gasteiger partial charge in [0, 0.05) is 41.2 Å². The van der Waals surface area contributed by atoms with Crippen LogP contribution in [0.4, 0.5) is 0 Å². The van der Waals surface area contributed by atoms with Gasteiger partial charge in [0.2, 0.25) is 0 Å². The summed E-state index contributed by atoms with van der Waals surface area (Å²) < 4.78 is 28.5. The van der Waals surface area contributed by atoms with Crippen LogP contribution in [0, 0.1) is 0 Å². The molecule has 0 spiro atoms. The van der Waals surface area contributed by atoms with E-state index >= 15 is 0 Å². The molecule has 0 aliphatic heterocycles. The fourth-order valence-electron chi connectivity index (χ4n) is 2.82. The van der Waals surface area contributed by atoms with Crippen LogP contribution < -0.4 is 15.6 Å². The molecule has 2 heterocycles. The van der Waals surface area contributed by atoms with Crippen molar-refractivity contribution < 1.29 is 13.2 Å². The number of thiophene rings is 1. The van der Waals surface area contributed by atoms with Gasteiger partial charge in [-0.15, -0.1) is 11.3 Å². The predicted molar refractivity (Wildman–Crippen MR) is 108 cm³/mol. The summed E-state index contributed by atoms with van der Waals surface area (Å²) >= 11 is 1.41. The first-order valence-corrected chi connectivity index (χ1v) is 11.0. The number of methoxy groups -OCH3 is 1. The molecular weight excluding hydrogens is 372 g/mol. The van der Waals surface area contributed by atoms with Crippen LogP contribution >= 0.6 is 11.3 Å². The van der Waals surface area contributed by atoms with Gasteiger partial charge in [-0.1, -0.05) is 12.2 Å². The number of nitrogens with one attached hydrogen (secondary N) is 2. The van der Waals surface area contributed by atoms with Crippen LogP contribution in [0.15, 0.2) is 34.4 Å². The van der Waals surface area contributed by atoms with Gasteiger partial charge in [0.05, 0.1) is 12.9 Å². The van der Waals surface area contributed by atoms with Crippen molar-refractivity contribution in [2.45, 2.75) is 0 Å². The molecule has 0 aliphatic rings. The molecule has 0 aliphatic carbocycles. The maximum atomic E-state index is 12.2. The molecule has 3 aromatic rings. The van der Waals surface area contributed by atoms with Crippen molar-refractivity contribution in [3.05, 3.63) is 45.6 Å². The zero-order chi connectivity index (χ0) is 18.7. The lowest BCUT2D eigenvalue weighted by Crippen LogP contribution is -2.22. The number of fused-ring (bicyclic) bond motifs is 3. The highest BCUT2D eigenvalue weighted by atomic mass is 32.2. The molecular formula is C18H20N2O4S2. The average molecular weight is 393 g/mol. The van der Waals surface area contributed by atoms with Crippen LogP contribution in [0.25, 0.3) is 27.1 Å². The normalized spacial score (nSPS) is 12.4. The second kappa shape index (κ2) is 7.61. The Bertz CT molecular complexity index is 1130. The summed E-state index contributed by atoms with van der Waals surface area (Å²) in [6, 6.07) is 5.61. The Hall–Kier alpha value is -2.16. The van der Waals surface area contributed by atoms with E-state index in [1.165, 1.54) is 17.6 Å². The zero-order valence-electron chi connectivity index (χ0n) is 14.5. The predicted octanol–water partition coefficient (Wildman–Crippen LogP) is 2.40. The third-order valence-electron chi connectivity index (χ3n) is 4.01. The van der Waals surface area contributed by atoms with Crippen LogP contribution in [0.2, 0.25) is 0 Å². The van der Waals surface area contributed by atoms with E-state index in [0.29, 0.717) is 23.5 Å². The van der Waals surface area contributed by atoms with Crippen molar-refractivity contribution in [3.8, 4) is 5.75 Å². The molecule has 0 unspecified atom stereocenters. The fraction of sp³-hybridized carbons (Fsp3) is 0.278. The van der Waals surface area contributed by atoms with Crippen molar-refractivity contribution in [2.75, 3.05) is 32.2 Å². The lowest BCUT2D eigenvalue weighted by atomic mass is 10.0. The van der Waals surface area contributed by atoms with E-state index < -0.39 is 9.84 Å². The SMILES string of the molecule is COc1ccc2[nH]c(=O)c3sccc3c2c1/C=C/CNCCS(C)(=O)=O. The molecule has 0 amide bonds. The van der Waals surface area contributed by atoms with Crippen molar-refractivity contribution in [3.63, 3.8) is 0 Å². The van der Waals surface area contributed by atoms with Crippen molar-refractivity contribution >= 4 is 48.2 Å². The smallest absolute Gasteiger partial charge is 0.266 e. The highest BCUT2D eigenvalue weighted by Crippen LogP contribution is 2.33. The molecule has 0 bridgehead atoms. The highest BCUT2D eigenvalue weighted by molar-refractivity contribution is 7.90. The zero-order valence-corrected chi connectivity index (χ0v) is 16.2. The van der Waals surface area contributed by atoms with Crippen LogP contribution in [-0.2, 0) is 9.84 Å². The average Bonchev–Trinajstić information content (AvgIpc) is 3.07. The number of H-pyrrole nitrogens is 1. The topological polar surface area (TPSA) is 88.3 Å². The molecule has 26 heavy (non-hydrogen) atoms. The molecule has 1 aromatic carbocycles. The third-order valence-corrected chi connectivity index (χ3v) is 5.87. The molecule has 0 fully saturated rings. The van der Waals surface area contributed by atoms with Gasteiger partial charge in [-0.3, -0.25) is 4.79 Å². The fourth-order valence-corrected chi connectivity index (χ4v) is 4.13. The first-order chi connectivity index (χ1) is 12.4. The van der Waals surface area contributed by atoms with Gasteiger partial charge in [0.25, 0.3) is 5.56 Å². The quantitative estimate of drug-likeness (QED) is 0.603. The van der Waals surface area contributed by atoms with Crippen molar-refractivity contribution in [1.82, 2.24) is 10.3 Å². The second-order valence-electron chi connectivity index (χ2n) is 5.96. The summed E-state index contributed by atoms with van der Waals surface area (Å²) in [6.45, 7) is 0.934. The summed E-state index contributed by atoms with van der Waals surface area (Å²) in [5, 5.41) is 6.82. The maximum Gasteiger partial charge on any atom is 0.266 e. The van der Waals surface area contributed by atoms with Crippen LogP contribution in [-0.4, -0.2) is 45.6 Å². The van der Waals surface area contributed by atoms with Crippen molar-refractivity contribution in [1.29, 1.82) is 0 Å². The Balaban J connectivity index is 1.95. The molecule has 0 atom stereocenters. The Kier molecular flexibility index (Phi) is 5.45. The Morgan fingerprint density at radius 3 is 2.85 bits per heavy atom. The van der Waals surface area contributed by atoms with Gasteiger partial charge in [0.15, 0.2) is 0 Å². The first kappa shape index (κ1) is 18.6. The van der Waals surface area contributed by atoms with E-state index in [1.54, 1.807) is 7.11 Å². The molecule has 6 nitrogen and oxygen atoms in total. The second-order valence-corrected chi connectivity index (χ2v) is 9.13. The maximum absolute atomic E-state index is 12.2. The molecule has 0 radical (unpaired) electrons. The minimum Gasteiger partial charge on any atom is -0.496 e. The standard InChI is InChI=1S/C18H20N2O4S2/c1-24-15-6-5-14-16(13-7-10-25-17(13)18(21)20-14)12(15)4-3-8-19-9-11-26(2,22)23/h3-7,10,19H,8-9,11H2,1-2H3,(H,20,21)/b4-3+. The third kappa shape index (κ3) is 3.98. The summed E-state index contributed by atoms with van der Waals surface area (Å²) in [5.41, 5.74) is 1.55. The highest BCUT2D eigenvalue weighted by Gasteiger charge is 2.12. The number of hydrogen-bond acceptors (Lipinski definition) is 6. The van der Waals surface area contributed by atoms with E-state index in [2.05, 4.69) is 10.3 Å². The summed E-state index contributed by atoms with van der Waals surface area (Å²) in [6.07, 6.45) is 5.07. The Morgan fingerprint density at radius 2 is 2.12 bits per heavy atom. The van der Waals surface area contributed by atoms with Crippen LogP contribution in [0.5, 0.6) is 5.75 Å². The van der Waals surface area contributed by atoms with Gasteiger partial charge in [-0.2, -0.15) is 0 Å². The number of aromatic nitrogens is 1. The van der Waals surface area contributed by atoms with Gasteiger partial charge in [0.1, 0.15) is 20.3 Å². The van der Waals surface area contributed by atoms with E-state index in [1.807, 2.05) is 35.7 Å².